The third-order valence-corrected chi connectivity index (χ3v) is 4.80. The lowest BCUT2D eigenvalue weighted by Crippen LogP contribution is -1.97. The number of thiophene rings is 1. The first kappa shape index (κ1) is 12.9. The highest BCUT2D eigenvalue weighted by Gasteiger charge is 2.21. The number of benzene rings is 2. The van der Waals surface area contributed by atoms with Crippen molar-refractivity contribution >= 4 is 44.6 Å². The fraction of sp³-hybridized carbons (Fsp3) is 0.0667. The molecule has 1 atom stereocenters. The molecule has 19 heavy (non-hydrogen) atoms. The molecule has 0 radical (unpaired) electrons. The lowest BCUT2D eigenvalue weighted by molar-refractivity contribution is 0.613. The lowest BCUT2D eigenvalue weighted by Gasteiger charge is -2.12. The first-order valence-electron chi connectivity index (χ1n) is 5.72. The van der Waals surface area contributed by atoms with E-state index in [1.54, 1.807) is 23.5 Å². The van der Waals surface area contributed by atoms with Gasteiger partial charge in [-0.15, -0.1) is 22.9 Å². The Morgan fingerprint density at radius 1 is 1.05 bits per heavy atom. The highest BCUT2D eigenvalue weighted by Crippen LogP contribution is 2.40. The van der Waals surface area contributed by atoms with Crippen LogP contribution < -0.4 is 0 Å². The summed E-state index contributed by atoms with van der Waals surface area (Å²) >= 11 is 14.1. The molecule has 0 bridgehead atoms. The molecular formula is C15H9Cl2FS. The summed E-state index contributed by atoms with van der Waals surface area (Å²) in [6, 6.07) is 12.6. The normalized spacial score (nSPS) is 12.8. The van der Waals surface area contributed by atoms with Crippen LogP contribution in [0, 0.1) is 5.82 Å². The zero-order valence-electron chi connectivity index (χ0n) is 9.74. The Kier molecular flexibility index (Phi) is 3.48. The van der Waals surface area contributed by atoms with Crippen molar-refractivity contribution in [2.45, 2.75) is 5.38 Å². The van der Waals surface area contributed by atoms with Gasteiger partial charge in [-0.3, -0.25) is 0 Å². The maximum absolute atomic E-state index is 13.9. The summed E-state index contributed by atoms with van der Waals surface area (Å²) in [6.07, 6.45) is 0. The summed E-state index contributed by atoms with van der Waals surface area (Å²) in [5.74, 6) is -0.372. The second-order valence-corrected chi connectivity index (χ2v) is 5.94. The molecule has 0 aliphatic carbocycles. The fourth-order valence-electron chi connectivity index (χ4n) is 2.10. The van der Waals surface area contributed by atoms with Crippen molar-refractivity contribution in [3.05, 3.63) is 69.8 Å². The van der Waals surface area contributed by atoms with Gasteiger partial charge in [0.2, 0.25) is 0 Å². The number of hydrogen-bond donors (Lipinski definition) is 0. The molecule has 0 saturated heterocycles. The monoisotopic (exact) mass is 310 g/mol. The second-order valence-electron chi connectivity index (χ2n) is 4.19. The van der Waals surface area contributed by atoms with Crippen LogP contribution in [0.5, 0.6) is 0 Å². The van der Waals surface area contributed by atoms with Gasteiger partial charge in [0, 0.05) is 15.3 Å². The molecule has 4 heteroatoms. The van der Waals surface area contributed by atoms with Crippen LogP contribution >= 0.6 is 34.5 Å². The van der Waals surface area contributed by atoms with Crippen molar-refractivity contribution in [2.24, 2.45) is 0 Å². The van der Waals surface area contributed by atoms with E-state index in [0.717, 1.165) is 15.6 Å². The zero-order chi connectivity index (χ0) is 13.4. The van der Waals surface area contributed by atoms with Gasteiger partial charge < -0.3 is 0 Å². The molecule has 3 rings (SSSR count). The number of halogens is 3. The van der Waals surface area contributed by atoms with Gasteiger partial charge in [0.05, 0.1) is 5.38 Å². The Balaban J connectivity index is 2.16. The smallest absolute Gasteiger partial charge is 0.129 e. The summed E-state index contributed by atoms with van der Waals surface area (Å²) in [5.41, 5.74) is 1.24. The Morgan fingerprint density at radius 3 is 2.63 bits per heavy atom. The van der Waals surface area contributed by atoms with Crippen LogP contribution in [0.3, 0.4) is 0 Å². The summed E-state index contributed by atoms with van der Waals surface area (Å²) in [6.45, 7) is 0. The Bertz CT molecular complexity index is 716. The molecule has 2 aromatic carbocycles. The minimum Gasteiger partial charge on any atom is -0.207 e. The molecule has 3 aromatic rings. The van der Waals surface area contributed by atoms with E-state index >= 15 is 0 Å². The first-order chi connectivity index (χ1) is 9.18. The Labute approximate surface area is 124 Å². The van der Waals surface area contributed by atoms with E-state index in [0.29, 0.717) is 10.6 Å². The van der Waals surface area contributed by atoms with Crippen LogP contribution in [0.2, 0.25) is 5.02 Å². The Hall–Kier alpha value is -1.09. The quantitative estimate of drug-likeness (QED) is 0.507. The molecule has 0 aliphatic heterocycles. The van der Waals surface area contributed by atoms with Crippen molar-refractivity contribution in [1.82, 2.24) is 0 Å². The van der Waals surface area contributed by atoms with Gasteiger partial charge in [-0.2, -0.15) is 0 Å². The predicted octanol–water partition coefficient (Wildman–Crippen LogP) is 6.02. The van der Waals surface area contributed by atoms with Gasteiger partial charge >= 0.3 is 0 Å². The molecule has 0 amide bonds. The minimum atomic E-state index is -0.579. The van der Waals surface area contributed by atoms with Crippen molar-refractivity contribution < 1.29 is 4.39 Å². The van der Waals surface area contributed by atoms with E-state index in [9.17, 15) is 4.39 Å². The third-order valence-electron chi connectivity index (χ3n) is 3.04. The summed E-state index contributed by atoms with van der Waals surface area (Å²) in [4.78, 5) is 0. The van der Waals surface area contributed by atoms with Crippen LogP contribution in [-0.4, -0.2) is 0 Å². The summed E-state index contributed by atoms with van der Waals surface area (Å²) in [7, 11) is 0. The van der Waals surface area contributed by atoms with E-state index in [1.807, 2.05) is 29.6 Å². The standard InChI is InChI=1S/C15H9Cl2FS/c16-11-5-3-6-12(18)14(11)15(17)10-8-19-13-7-2-1-4-9(10)13/h1-8,15H. The molecular weight excluding hydrogens is 302 g/mol. The highest BCUT2D eigenvalue weighted by molar-refractivity contribution is 7.17. The van der Waals surface area contributed by atoms with Crippen LogP contribution in [0.15, 0.2) is 47.8 Å². The van der Waals surface area contributed by atoms with Gasteiger partial charge in [-0.1, -0.05) is 35.9 Å². The predicted molar refractivity (Wildman–Crippen MR) is 80.9 cm³/mol. The van der Waals surface area contributed by atoms with E-state index in [4.69, 9.17) is 23.2 Å². The SMILES string of the molecule is Fc1cccc(Cl)c1C(Cl)c1csc2ccccc12. The largest absolute Gasteiger partial charge is 0.207 e. The molecule has 0 saturated carbocycles. The number of fused-ring (bicyclic) bond motifs is 1. The molecule has 96 valence electrons. The van der Waals surface area contributed by atoms with Crippen LogP contribution in [0.25, 0.3) is 10.1 Å². The second kappa shape index (κ2) is 5.12. The molecule has 1 aromatic heterocycles. The number of alkyl halides is 1. The van der Waals surface area contributed by atoms with Gasteiger partial charge in [0.25, 0.3) is 0 Å². The topological polar surface area (TPSA) is 0 Å². The van der Waals surface area contributed by atoms with Crippen molar-refractivity contribution in [2.75, 3.05) is 0 Å². The molecule has 1 unspecified atom stereocenters. The van der Waals surface area contributed by atoms with Crippen molar-refractivity contribution in [1.29, 1.82) is 0 Å². The third kappa shape index (κ3) is 2.25. The van der Waals surface area contributed by atoms with E-state index < -0.39 is 5.38 Å². The summed E-state index contributed by atoms with van der Waals surface area (Å²) < 4.78 is 15.1. The van der Waals surface area contributed by atoms with Crippen LogP contribution in [0.1, 0.15) is 16.5 Å². The van der Waals surface area contributed by atoms with Crippen LogP contribution in [0.4, 0.5) is 4.39 Å². The highest BCUT2D eigenvalue weighted by atomic mass is 35.5. The minimum absolute atomic E-state index is 0.342. The van der Waals surface area contributed by atoms with Crippen LogP contribution in [-0.2, 0) is 0 Å². The van der Waals surface area contributed by atoms with Gasteiger partial charge in [-0.05, 0) is 34.5 Å². The number of rotatable bonds is 2. The first-order valence-corrected chi connectivity index (χ1v) is 7.42. The van der Waals surface area contributed by atoms with Gasteiger partial charge in [0.1, 0.15) is 5.82 Å². The Morgan fingerprint density at radius 2 is 1.84 bits per heavy atom. The average molecular weight is 311 g/mol. The zero-order valence-corrected chi connectivity index (χ0v) is 12.1. The van der Waals surface area contributed by atoms with E-state index in [2.05, 4.69) is 0 Å². The van der Waals surface area contributed by atoms with Gasteiger partial charge in [0.15, 0.2) is 0 Å². The molecule has 0 aliphatic rings. The average Bonchev–Trinajstić information content (AvgIpc) is 2.82. The lowest BCUT2D eigenvalue weighted by atomic mass is 10.0. The summed E-state index contributed by atoms with van der Waals surface area (Å²) in [5, 5.41) is 2.79. The molecule has 1 heterocycles. The van der Waals surface area contributed by atoms with Crippen molar-refractivity contribution in [3.8, 4) is 0 Å². The molecule has 0 fully saturated rings. The van der Waals surface area contributed by atoms with Gasteiger partial charge in [-0.25, -0.2) is 4.39 Å². The van der Waals surface area contributed by atoms with E-state index in [1.165, 1.54) is 6.07 Å². The van der Waals surface area contributed by atoms with E-state index in [-0.39, 0.29) is 5.82 Å². The molecule has 0 nitrogen and oxygen atoms in total. The molecule has 0 N–H and O–H groups in total. The number of hydrogen-bond acceptors (Lipinski definition) is 1. The van der Waals surface area contributed by atoms with Crippen molar-refractivity contribution in [3.63, 3.8) is 0 Å². The fourth-order valence-corrected chi connectivity index (χ4v) is 3.89. The molecule has 0 spiro atoms. The maximum Gasteiger partial charge on any atom is 0.129 e. The maximum atomic E-state index is 13.9.